The predicted octanol–water partition coefficient (Wildman–Crippen LogP) is 2.35. The number of aliphatic hydroxyl groups is 1. The van der Waals surface area contributed by atoms with Gasteiger partial charge in [-0.2, -0.15) is 0 Å². The molecule has 0 amide bonds. The standard InChI is InChI=1S/C12H20N2OS/c1-10(11-13-6-7-16-11)14-8-12(9-15)4-2-3-5-12/h6-7,10,14-15H,2-5,8-9H2,1H3. The van der Waals surface area contributed by atoms with Crippen molar-refractivity contribution in [3.05, 3.63) is 16.6 Å². The molecule has 90 valence electrons. The Balaban J connectivity index is 1.86. The summed E-state index contributed by atoms with van der Waals surface area (Å²) in [6.45, 7) is 3.35. The van der Waals surface area contributed by atoms with Gasteiger partial charge >= 0.3 is 0 Å². The first kappa shape index (κ1) is 12.0. The average molecular weight is 240 g/mol. The molecule has 1 fully saturated rings. The van der Waals surface area contributed by atoms with E-state index in [9.17, 15) is 5.11 Å². The highest BCUT2D eigenvalue weighted by Gasteiger charge is 2.33. The molecule has 1 atom stereocenters. The van der Waals surface area contributed by atoms with Gasteiger partial charge in [0.25, 0.3) is 0 Å². The van der Waals surface area contributed by atoms with Gasteiger partial charge in [0.05, 0.1) is 6.04 Å². The first-order valence-corrected chi connectivity index (χ1v) is 6.87. The van der Waals surface area contributed by atoms with E-state index in [2.05, 4.69) is 17.2 Å². The summed E-state index contributed by atoms with van der Waals surface area (Å²) in [5.74, 6) is 0. The van der Waals surface area contributed by atoms with Gasteiger partial charge in [0.15, 0.2) is 0 Å². The molecular weight excluding hydrogens is 220 g/mol. The van der Waals surface area contributed by atoms with E-state index in [1.165, 1.54) is 12.8 Å². The summed E-state index contributed by atoms with van der Waals surface area (Å²) in [6, 6.07) is 0.295. The molecule has 1 aromatic heterocycles. The van der Waals surface area contributed by atoms with Crippen LogP contribution in [-0.2, 0) is 0 Å². The van der Waals surface area contributed by atoms with Gasteiger partial charge in [0.1, 0.15) is 5.01 Å². The van der Waals surface area contributed by atoms with Crippen LogP contribution in [-0.4, -0.2) is 23.2 Å². The maximum absolute atomic E-state index is 9.51. The summed E-state index contributed by atoms with van der Waals surface area (Å²) in [5.41, 5.74) is 0.130. The highest BCUT2D eigenvalue weighted by atomic mass is 32.1. The summed E-state index contributed by atoms with van der Waals surface area (Å²) in [7, 11) is 0. The molecule has 2 rings (SSSR count). The van der Waals surface area contributed by atoms with E-state index in [0.717, 1.165) is 24.4 Å². The van der Waals surface area contributed by atoms with Crippen LogP contribution in [0, 0.1) is 5.41 Å². The summed E-state index contributed by atoms with van der Waals surface area (Å²) >= 11 is 1.68. The number of thiazole rings is 1. The minimum Gasteiger partial charge on any atom is -0.396 e. The topological polar surface area (TPSA) is 45.1 Å². The Labute approximate surface area is 101 Å². The van der Waals surface area contributed by atoms with Crippen LogP contribution in [0.15, 0.2) is 11.6 Å². The Morgan fingerprint density at radius 2 is 2.31 bits per heavy atom. The quantitative estimate of drug-likeness (QED) is 0.830. The van der Waals surface area contributed by atoms with Crippen molar-refractivity contribution >= 4 is 11.3 Å². The molecule has 0 aromatic carbocycles. The zero-order valence-electron chi connectivity index (χ0n) is 9.78. The van der Waals surface area contributed by atoms with Gasteiger partial charge in [0.2, 0.25) is 0 Å². The summed E-state index contributed by atoms with van der Waals surface area (Å²) in [6.07, 6.45) is 6.67. The minimum atomic E-state index is 0.130. The fourth-order valence-electron chi connectivity index (χ4n) is 2.42. The molecule has 4 heteroatoms. The van der Waals surface area contributed by atoms with Crippen LogP contribution >= 0.6 is 11.3 Å². The monoisotopic (exact) mass is 240 g/mol. The average Bonchev–Trinajstić information content (AvgIpc) is 2.98. The van der Waals surface area contributed by atoms with Gasteiger partial charge in [-0.3, -0.25) is 0 Å². The zero-order chi connectivity index (χ0) is 11.4. The molecule has 1 aromatic rings. The van der Waals surface area contributed by atoms with Crippen LogP contribution in [0.4, 0.5) is 0 Å². The Morgan fingerprint density at radius 1 is 1.56 bits per heavy atom. The van der Waals surface area contributed by atoms with Crippen molar-refractivity contribution in [3.63, 3.8) is 0 Å². The molecule has 1 heterocycles. The molecule has 0 radical (unpaired) electrons. The lowest BCUT2D eigenvalue weighted by Gasteiger charge is -2.28. The molecular formula is C12H20N2OS. The molecule has 16 heavy (non-hydrogen) atoms. The van der Waals surface area contributed by atoms with E-state index in [0.29, 0.717) is 12.6 Å². The molecule has 1 aliphatic rings. The molecule has 3 nitrogen and oxygen atoms in total. The largest absolute Gasteiger partial charge is 0.396 e. The third kappa shape index (κ3) is 2.62. The number of aromatic nitrogens is 1. The summed E-state index contributed by atoms with van der Waals surface area (Å²) < 4.78 is 0. The Hall–Kier alpha value is -0.450. The number of hydrogen-bond donors (Lipinski definition) is 2. The lowest BCUT2D eigenvalue weighted by atomic mass is 9.87. The van der Waals surface area contributed by atoms with Crippen molar-refractivity contribution in [2.45, 2.75) is 38.6 Å². The van der Waals surface area contributed by atoms with Crippen molar-refractivity contribution in [2.24, 2.45) is 5.41 Å². The Kier molecular flexibility index (Phi) is 3.95. The predicted molar refractivity (Wildman–Crippen MR) is 66.5 cm³/mol. The molecule has 1 unspecified atom stereocenters. The third-order valence-corrected chi connectivity index (χ3v) is 4.56. The second-order valence-electron chi connectivity index (χ2n) is 4.84. The zero-order valence-corrected chi connectivity index (χ0v) is 10.6. The van der Waals surface area contributed by atoms with Crippen LogP contribution in [0.2, 0.25) is 0 Å². The first-order valence-electron chi connectivity index (χ1n) is 5.99. The molecule has 1 aliphatic carbocycles. The van der Waals surface area contributed by atoms with Crippen LogP contribution in [0.3, 0.4) is 0 Å². The van der Waals surface area contributed by atoms with Gasteiger partial charge in [-0.15, -0.1) is 11.3 Å². The van der Waals surface area contributed by atoms with Crippen molar-refractivity contribution in [1.29, 1.82) is 0 Å². The molecule has 2 N–H and O–H groups in total. The first-order chi connectivity index (χ1) is 7.76. The fraction of sp³-hybridized carbons (Fsp3) is 0.750. The Morgan fingerprint density at radius 3 is 2.88 bits per heavy atom. The van der Waals surface area contributed by atoms with Gasteiger partial charge < -0.3 is 10.4 Å². The molecule has 0 aliphatic heterocycles. The summed E-state index contributed by atoms with van der Waals surface area (Å²) in [4.78, 5) is 4.30. The fourth-order valence-corrected chi connectivity index (χ4v) is 3.09. The highest BCUT2D eigenvalue weighted by molar-refractivity contribution is 7.09. The number of aliphatic hydroxyl groups excluding tert-OH is 1. The second-order valence-corrected chi connectivity index (χ2v) is 5.76. The van der Waals surface area contributed by atoms with Crippen LogP contribution in [0.1, 0.15) is 43.7 Å². The second kappa shape index (κ2) is 5.25. The van der Waals surface area contributed by atoms with Crippen molar-refractivity contribution in [2.75, 3.05) is 13.2 Å². The lowest BCUT2D eigenvalue weighted by Crippen LogP contribution is -2.36. The van der Waals surface area contributed by atoms with Crippen molar-refractivity contribution < 1.29 is 5.11 Å². The highest BCUT2D eigenvalue weighted by Crippen LogP contribution is 2.37. The SMILES string of the molecule is CC(NCC1(CO)CCCC1)c1nccs1. The number of nitrogens with zero attached hydrogens (tertiary/aromatic N) is 1. The van der Waals surface area contributed by atoms with Gasteiger partial charge in [-0.05, 0) is 19.8 Å². The molecule has 0 bridgehead atoms. The minimum absolute atomic E-state index is 0.130. The van der Waals surface area contributed by atoms with Crippen LogP contribution in [0.5, 0.6) is 0 Å². The summed E-state index contributed by atoms with van der Waals surface area (Å²) in [5, 5.41) is 16.1. The number of hydrogen-bond acceptors (Lipinski definition) is 4. The van der Waals surface area contributed by atoms with Crippen LogP contribution in [0.25, 0.3) is 0 Å². The van der Waals surface area contributed by atoms with Gasteiger partial charge in [-0.1, -0.05) is 12.8 Å². The third-order valence-electron chi connectivity index (χ3n) is 3.60. The molecule has 0 saturated heterocycles. The van der Waals surface area contributed by atoms with Crippen molar-refractivity contribution in [1.82, 2.24) is 10.3 Å². The van der Waals surface area contributed by atoms with Crippen LogP contribution < -0.4 is 5.32 Å². The van der Waals surface area contributed by atoms with E-state index in [-0.39, 0.29) is 5.41 Å². The molecule has 1 saturated carbocycles. The maximum Gasteiger partial charge on any atom is 0.109 e. The van der Waals surface area contributed by atoms with Gasteiger partial charge in [-0.25, -0.2) is 4.98 Å². The smallest absolute Gasteiger partial charge is 0.109 e. The van der Waals surface area contributed by atoms with E-state index in [4.69, 9.17) is 0 Å². The lowest BCUT2D eigenvalue weighted by molar-refractivity contribution is 0.125. The Bertz CT molecular complexity index is 307. The van der Waals surface area contributed by atoms with E-state index < -0.39 is 0 Å². The maximum atomic E-state index is 9.51. The van der Waals surface area contributed by atoms with E-state index in [1.807, 2.05) is 11.6 Å². The number of rotatable bonds is 5. The van der Waals surface area contributed by atoms with Crippen molar-refractivity contribution in [3.8, 4) is 0 Å². The van der Waals surface area contributed by atoms with E-state index in [1.54, 1.807) is 11.3 Å². The number of nitrogens with one attached hydrogen (secondary N) is 1. The normalized spacial score (nSPS) is 21.1. The molecule has 0 spiro atoms. The van der Waals surface area contributed by atoms with Gasteiger partial charge in [0, 0.05) is 30.1 Å². The van der Waals surface area contributed by atoms with E-state index >= 15 is 0 Å².